The van der Waals surface area contributed by atoms with Crippen molar-refractivity contribution >= 4 is 22.8 Å². The van der Waals surface area contributed by atoms with E-state index in [4.69, 9.17) is 0 Å². The van der Waals surface area contributed by atoms with Gasteiger partial charge in [-0.25, -0.2) is 0 Å². The van der Waals surface area contributed by atoms with Crippen molar-refractivity contribution in [3.8, 4) is 50.3 Å². The van der Waals surface area contributed by atoms with E-state index in [1.54, 1.807) is 0 Å². The van der Waals surface area contributed by atoms with Crippen LogP contribution in [0.3, 0.4) is 0 Å². The van der Waals surface area contributed by atoms with Crippen LogP contribution < -0.4 is 0 Å². The highest BCUT2D eigenvalue weighted by molar-refractivity contribution is 5.99. The van der Waals surface area contributed by atoms with Gasteiger partial charge in [-0.05, 0) is 64.2 Å². The van der Waals surface area contributed by atoms with Gasteiger partial charge in [0.25, 0.3) is 0 Å². The predicted molar refractivity (Wildman–Crippen MR) is 225 cm³/mol. The molecule has 0 bridgehead atoms. The van der Waals surface area contributed by atoms with Gasteiger partial charge in [-0.2, -0.15) is 4.58 Å². The summed E-state index contributed by atoms with van der Waals surface area (Å²) in [6.45, 7) is 0. The van der Waals surface area contributed by atoms with E-state index in [0.29, 0.717) is 0 Å². The van der Waals surface area contributed by atoms with E-state index in [9.17, 15) is 0 Å². The van der Waals surface area contributed by atoms with Gasteiger partial charge in [-0.3, -0.25) is 0 Å². The highest BCUT2D eigenvalue weighted by Gasteiger charge is 2.36. The number of para-hydroxylation sites is 3. The molecule has 1 unspecified atom stereocenters. The van der Waals surface area contributed by atoms with Crippen molar-refractivity contribution in [2.75, 3.05) is 0 Å². The van der Waals surface area contributed by atoms with E-state index in [0.717, 1.165) is 5.69 Å². The van der Waals surface area contributed by atoms with Crippen molar-refractivity contribution in [2.24, 2.45) is 0 Å². The van der Waals surface area contributed by atoms with Crippen LogP contribution in [-0.2, 0) is 0 Å². The van der Waals surface area contributed by atoms with E-state index in [2.05, 4.69) is 228 Å². The number of rotatable bonds is 7. The van der Waals surface area contributed by atoms with E-state index < -0.39 is 0 Å². The van der Waals surface area contributed by atoms with Crippen molar-refractivity contribution in [1.82, 2.24) is 4.57 Å². The van der Waals surface area contributed by atoms with Gasteiger partial charge >= 0.3 is 0 Å². The fraction of sp³-hybridized carbons (Fsp3) is 0.0192. The second kappa shape index (κ2) is 13.5. The molecule has 1 aliphatic rings. The summed E-state index contributed by atoms with van der Waals surface area (Å²) in [7, 11) is 0. The average molecular weight is 690 g/mol. The molecule has 0 N–H and O–H groups in total. The first-order valence-corrected chi connectivity index (χ1v) is 18.6. The van der Waals surface area contributed by atoms with E-state index in [1.165, 1.54) is 77.9 Å². The SMILES string of the molecule is C1=[N+](c2ccccc2-c2ccccc2-c2ccccc2-c2ccccc2-c2cc3ccccc3n2-c2ccccc2)C(c2ccccc2)c2ccccc21. The largest absolute Gasteiger partial charge is 0.309 e. The van der Waals surface area contributed by atoms with Crippen LogP contribution in [0.4, 0.5) is 5.69 Å². The second-order valence-corrected chi connectivity index (χ2v) is 13.9. The molecule has 0 saturated carbocycles. The highest BCUT2D eigenvalue weighted by Crippen LogP contribution is 2.46. The number of benzene rings is 8. The Kier molecular flexibility index (Phi) is 7.92. The molecule has 0 radical (unpaired) electrons. The molecule has 0 amide bonds. The molecule has 2 heteroatoms. The second-order valence-electron chi connectivity index (χ2n) is 13.9. The molecule has 2 heterocycles. The Morgan fingerprint density at radius 3 is 1.56 bits per heavy atom. The Morgan fingerprint density at radius 1 is 0.389 bits per heavy atom. The third-order valence-corrected chi connectivity index (χ3v) is 10.8. The Balaban J connectivity index is 1.15. The van der Waals surface area contributed by atoms with Gasteiger partial charge in [0.15, 0.2) is 6.21 Å². The van der Waals surface area contributed by atoms with Crippen LogP contribution in [0.2, 0.25) is 0 Å². The quantitative estimate of drug-likeness (QED) is 0.147. The maximum absolute atomic E-state index is 2.47. The topological polar surface area (TPSA) is 7.94 Å². The molecule has 1 aromatic heterocycles. The van der Waals surface area contributed by atoms with Gasteiger partial charge in [0.05, 0.1) is 16.8 Å². The van der Waals surface area contributed by atoms with Crippen LogP contribution in [0.1, 0.15) is 22.7 Å². The zero-order chi connectivity index (χ0) is 35.8. The van der Waals surface area contributed by atoms with Crippen LogP contribution in [0.15, 0.2) is 212 Å². The van der Waals surface area contributed by atoms with Gasteiger partial charge in [0.1, 0.15) is 0 Å². The Bertz CT molecular complexity index is 2830. The average Bonchev–Trinajstić information content (AvgIpc) is 3.84. The van der Waals surface area contributed by atoms with Crippen molar-refractivity contribution in [2.45, 2.75) is 6.04 Å². The van der Waals surface area contributed by atoms with Crippen LogP contribution >= 0.6 is 0 Å². The molecule has 8 aromatic carbocycles. The minimum Gasteiger partial charge on any atom is -0.309 e. The van der Waals surface area contributed by atoms with Gasteiger partial charge in [0.2, 0.25) is 11.7 Å². The number of fused-ring (bicyclic) bond motifs is 2. The third-order valence-electron chi connectivity index (χ3n) is 10.8. The molecule has 2 nitrogen and oxygen atoms in total. The van der Waals surface area contributed by atoms with Crippen molar-refractivity contribution < 1.29 is 4.58 Å². The molecule has 54 heavy (non-hydrogen) atoms. The monoisotopic (exact) mass is 689 g/mol. The summed E-state index contributed by atoms with van der Waals surface area (Å²) in [5.74, 6) is 0. The van der Waals surface area contributed by atoms with Crippen molar-refractivity contribution in [1.29, 1.82) is 0 Å². The molecular weight excluding hydrogens is 653 g/mol. The molecule has 10 rings (SSSR count). The summed E-state index contributed by atoms with van der Waals surface area (Å²) in [6, 6.07) is 77.0. The smallest absolute Gasteiger partial charge is 0.213 e. The van der Waals surface area contributed by atoms with E-state index in [-0.39, 0.29) is 6.04 Å². The zero-order valence-electron chi connectivity index (χ0n) is 29.8. The van der Waals surface area contributed by atoms with Crippen LogP contribution in [0.25, 0.3) is 61.2 Å². The van der Waals surface area contributed by atoms with Crippen LogP contribution in [0, 0.1) is 0 Å². The minimum absolute atomic E-state index is 0.0752. The molecule has 9 aromatic rings. The van der Waals surface area contributed by atoms with E-state index >= 15 is 0 Å². The lowest BCUT2D eigenvalue weighted by Gasteiger charge is -2.19. The molecule has 1 atom stereocenters. The summed E-state index contributed by atoms with van der Waals surface area (Å²) < 4.78 is 4.87. The summed E-state index contributed by atoms with van der Waals surface area (Å²) in [5.41, 5.74) is 16.9. The number of aromatic nitrogens is 1. The lowest BCUT2D eigenvalue weighted by molar-refractivity contribution is -0.468. The third kappa shape index (κ3) is 5.39. The molecular formula is C52H37N2+. The number of hydrogen-bond acceptors (Lipinski definition) is 0. The van der Waals surface area contributed by atoms with Gasteiger partial charge in [-0.1, -0.05) is 170 Å². The Labute approximate surface area is 316 Å². The lowest BCUT2D eigenvalue weighted by atomic mass is 9.87. The molecule has 0 spiro atoms. The first kappa shape index (κ1) is 31.7. The summed E-state index contributed by atoms with van der Waals surface area (Å²) >= 11 is 0. The van der Waals surface area contributed by atoms with Crippen LogP contribution in [-0.4, -0.2) is 15.4 Å². The van der Waals surface area contributed by atoms with Gasteiger partial charge in [-0.15, -0.1) is 0 Å². The normalized spacial score (nSPS) is 13.5. The molecule has 0 fully saturated rings. The molecule has 254 valence electrons. The Morgan fingerprint density at radius 2 is 0.870 bits per heavy atom. The fourth-order valence-electron chi connectivity index (χ4n) is 8.42. The molecule has 0 saturated heterocycles. The summed E-state index contributed by atoms with van der Waals surface area (Å²) in [6.07, 6.45) is 2.32. The standard InChI is InChI=1S/C52H37N2/c1-3-19-37(20-4-1)52-41-25-9-7-22-39(41)36-53(52)50-34-18-16-31-47(50)45-29-13-12-27-43(45)42-26-10-11-28-44(42)46-30-14-15-32-48(46)51-35-38-21-8-17-33-49(38)54(51)40-23-5-2-6-24-40/h1-36,52H/q+1. The number of nitrogens with zero attached hydrogens (tertiary/aromatic N) is 2. The number of hydrogen-bond donors (Lipinski definition) is 0. The van der Waals surface area contributed by atoms with Crippen molar-refractivity contribution in [3.63, 3.8) is 0 Å². The molecule has 0 aliphatic carbocycles. The Hall–Kier alpha value is -7.03. The summed E-state index contributed by atoms with van der Waals surface area (Å²) in [5, 5.41) is 1.22. The first-order chi connectivity index (χ1) is 26.8. The van der Waals surface area contributed by atoms with Crippen molar-refractivity contribution in [3.05, 3.63) is 229 Å². The zero-order valence-corrected chi connectivity index (χ0v) is 29.8. The highest BCUT2D eigenvalue weighted by atomic mass is 15.1. The van der Waals surface area contributed by atoms with Crippen LogP contribution in [0.5, 0.6) is 0 Å². The fourth-order valence-corrected chi connectivity index (χ4v) is 8.42. The summed E-state index contributed by atoms with van der Waals surface area (Å²) in [4.78, 5) is 0. The van der Waals surface area contributed by atoms with Gasteiger partial charge < -0.3 is 4.57 Å². The van der Waals surface area contributed by atoms with Gasteiger partial charge in [0, 0.05) is 39.4 Å². The van der Waals surface area contributed by atoms with E-state index in [1.807, 2.05) is 0 Å². The predicted octanol–water partition coefficient (Wildman–Crippen LogP) is 13.2. The maximum atomic E-state index is 2.47. The lowest BCUT2D eigenvalue weighted by Crippen LogP contribution is -2.12. The maximum Gasteiger partial charge on any atom is 0.213 e. The minimum atomic E-state index is 0.0752. The molecule has 1 aliphatic heterocycles. The first-order valence-electron chi connectivity index (χ1n) is 18.6.